The van der Waals surface area contributed by atoms with Crippen molar-refractivity contribution in [2.24, 2.45) is 0 Å². The van der Waals surface area contributed by atoms with Gasteiger partial charge < -0.3 is 33.9 Å². The molecule has 166 valence electrons. The third-order valence-corrected chi connectivity index (χ3v) is 4.46. The first-order chi connectivity index (χ1) is 15.1. The molecule has 7 nitrogen and oxygen atoms in total. The van der Waals surface area contributed by atoms with Gasteiger partial charge in [-0.3, -0.25) is 0 Å². The highest BCUT2D eigenvalue weighted by Gasteiger charge is 2.18. The van der Waals surface area contributed by atoms with Gasteiger partial charge >= 0.3 is 0 Å². The molecule has 2 N–H and O–H groups in total. The first-order valence-electron chi connectivity index (χ1n) is 10.0. The first kappa shape index (κ1) is 22.8. The zero-order valence-electron chi connectivity index (χ0n) is 17.7. The minimum absolute atomic E-state index is 0.0374. The molecule has 31 heavy (non-hydrogen) atoms. The molecule has 0 aliphatic rings. The largest absolute Gasteiger partial charge is 0.490 e. The average Bonchev–Trinajstić information content (AvgIpc) is 2.78. The Morgan fingerprint density at radius 2 is 1.26 bits per heavy atom. The lowest BCUT2D eigenvalue weighted by Crippen LogP contribution is -2.23. The number of ether oxygens (including phenoxy) is 5. The van der Waals surface area contributed by atoms with Gasteiger partial charge in [0, 0.05) is 31.1 Å². The van der Waals surface area contributed by atoms with Crippen molar-refractivity contribution in [1.29, 1.82) is 0 Å². The summed E-state index contributed by atoms with van der Waals surface area (Å²) in [5.74, 6) is 2.09. The van der Waals surface area contributed by atoms with Crippen LogP contribution in [0, 0.1) is 0 Å². The summed E-state index contributed by atoms with van der Waals surface area (Å²) in [6.45, 7) is 0.431. The van der Waals surface area contributed by atoms with Crippen LogP contribution in [0.25, 0.3) is 10.8 Å². The summed E-state index contributed by atoms with van der Waals surface area (Å²) in [6.07, 6.45) is -1.55. The lowest BCUT2D eigenvalue weighted by atomic mass is 10.1. The molecule has 7 heteroatoms. The maximum atomic E-state index is 10.1. The fourth-order valence-electron chi connectivity index (χ4n) is 3.10. The maximum absolute atomic E-state index is 10.1. The van der Waals surface area contributed by atoms with E-state index in [0.717, 1.165) is 10.8 Å². The summed E-state index contributed by atoms with van der Waals surface area (Å²) in [4.78, 5) is 0. The third kappa shape index (κ3) is 6.32. The van der Waals surface area contributed by atoms with Crippen LogP contribution in [0.5, 0.6) is 23.0 Å². The smallest absolute Gasteiger partial charge is 0.173 e. The van der Waals surface area contributed by atoms with Crippen molar-refractivity contribution in [3.8, 4) is 23.0 Å². The molecule has 3 rings (SSSR count). The van der Waals surface area contributed by atoms with E-state index in [9.17, 15) is 10.2 Å². The quantitative estimate of drug-likeness (QED) is 0.457. The van der Waals surface area contributed by atoms with Crippen LogP contribution in [0.2, 0.25) is 0 Å². The average molecular weight is 428 g/mol. The van der Waals surface area contributed by atoms with Crippen molar-refractivity contribution in [3.63, 3.8) is 0 Å². The van der Waals surface area contributed by atoms with Gasteiger partial charge in [-0.05, 0) is 12.1 Å². The Labute approximate surface area is 181 Å². The van der Waals surface area contributed by atoms with Crippen LogP contribution in [0.4, 0.5) is 0 Å². The van der Waals surface area contributed by atoms with Gasteiger partial charge in [0.05, 0.1) is 13.2 Å². The SMILES string of the molecule is COCC(O)COc1cc(Oc2ccccc2)c(OCC(O)COC)c2ccccc12. The third-order valence-electron chi connectivity index (χ3n) is 4.46. The molecule has 0 radical (unpaired) electrons. The molecule has 2 atom stereocenters. The summed E-state index contributed by atoms with van der Waals surface area (Å²) >= 11 is 0. The van der Waals surface area contributed by atoms with E-state index >= 15 is 0 Å². The van der Waals surface area contributed by atoms with Crippen LogP contribution >= 0.6 is 0 Å². The summed E-state index contributed by atoms with van der Waals surface area (Å²) < 4.78 is 27.9. The molecule has 2 unspecified atom stereocenters. The van der Waals surface area contributed by atoms with Crippen molar-refractivity contribution in [2.75, 3.05) is 40.6 Å². The van der Waals surface area contributed by atoms with Gasteiger partial charge in [0.15, 0.2) is 11.5 Å². The molecule has 0 aromatic heterocycles. The minimum atomic E-state index is -0.784. The lowest BCUT2D eigenvalue weighted by molar-refractivity contribution is 0.0318. The van der Waals surface area contributed by atoms with Crippen molar-refractivity contribution < 1.29 is 33.9 Å². The highest BCUT2D eigenvalue weighted by molar-refractivity contribution is 5.95. The number of benzene rings is 3. The van der Waals surface area contributed by atoms with E-state index < -0.39 is 12.2 Å². The molecule has 0 heterocycles. The van der Waals surface area contributed by atoms with E-state index in [1.54, 1.807) is 6.07 Å². The number of methoxy groups -OCH3 is 2. The second kappa shape index (κ2) is 11.5. The molecule has 0 bridgehead atoms. The summed E-state index contributed by atoms with van der Waals surface area (Å²) in [7, 11) is 3.04. The van der Waals surface area contributed by atoms with E-state index in [1.165, 1.54) is 14.2 Å². The molecule has 3 aromatic rings. The van der Waals surface area contributed by atoms with Gasteiger partial charge in [-0.2, -0.15) is 0 Å². The van der Waals surface area contributed by atoms with Crippen molar-refractivity contribution in [2.45, 2.75) is 12.2 Å². The van der Waals surface area contributed by atoms with Crippen LogP contribution < -0.4 is 14.2 Å². The molecule has 0 aliphatic heterocycles. The topological polar surface area (TPSA) is 86.6 Å². The fraction of sp³-hybridized carbons (Fsp3) is 0.333. The van der Waals surface area contributed by atoms with E-state index in [2.05, 4.69) is 0 Å². The summed E-state index contributed by atoms with van der Waals surface area (Å²) in [5.41, 5.74) is 0. The minimum Gasteiger partial charge on any atom is -0.490 e. The van der Waals surface area contributed by atoms with Gasteiger partial charge in [0.25, 0.3) is 0 Å². The molecular weight excluding hydrogens is 400 g/mol. The van der Waals surface area contributed by atoms with E-state index in [-0.39, 0.29) is 26.4 Å². The number of rotatable bonds is 12. The predicted octanol–water partition coefficient (Wildman–Crippen LogP) is 3.40. The van der Waals surface area contributed by atoms with Crippen molar-refractivity contribution in [1.82, 2.24) is 0 Å². The van der Waals surface area contributed by atoms with Crippen LogP contribution in [0.15, 0.2) is 60.7 Å². The Morgan fingerprint density at radius 3 is 1.90 bits per heavy atom. The summed E-state index contributed by atoms with van der Waals surface area (Å²) in [6, 6.07) is 18.6. The Balaban J connectivity index is 1.99. The Kier molecular flexibility index (Phi) is 8.49. The molecule has 0 saturated heterocycles. The summed E-state index contributed by atoms with van der Waals surface area (Å²) in [5, 5.41) is 21.6. The Bertz CT molecular complexity index is 945. The maximum Gasteiger partial charge on any atom is 0.173 e. The Hall–Kier alpha value is -2.84. The van der Waals surface area contributed by atoms with Gasteiger partial charge in [-0.1, -0.05) is 42.5 Å². The second-order valence-electron chi connectivity index (χ2n) is 7.00. The molecule has 0 aliphatic carbocycles. The fourth-order valence-corrected chi connectivity index (χ4v) is 3.10. The standard InChI is InChI=1S/C24H28O7/c1-27-13-17(25)15-29-22-12-23(31-19-8-4-3-5-9-19)24(30-16-18(26)14-28-2)21-11-7-6-10-20(21)22/h3-12,17-18,25-26H,13-16H2,1-2H3. The van der Waals surface area contributed by atoms with E-state index in [1.807, 2.05) is 54.6 Å². The van der Waals surface area contributed by atoms with Gasteiger partial charge in [0.1, 0.15) is 36.9 Å². The second-order valence-corrected chi connectivity index (χ2v) is 7.00. The van der Waals surface area contributed by atoms with Crippen LogP contribution in [-0.4, -0.2) is 63.1 Å². The lowest BCUT2D eigenvalue weighted by Gasteiger charge is -2.20. The molecule has 0 fully saturated rings. The predicted molar refractivity (Wildman–Crippen MR) is 117 cm³/mol. The number of aliphatic hydroxyl groups is 2. The molecular formula is C24H28O7. The van der Waals surface area contributed by atoms with Gasteiger partial charge in [-0.25, -0.2) is 0 Å². The van der Waals surface area contributed by atoms with Crippen LogP contribution in [0.3, 0.4) is 0 Å². The number of para-hydroxylation sites is 1. The molecule has 0 amide bonds. The highest BCUT2D eigenvalue weighted by Crippen LogP contribution is 2.43. The van der Waals surface area contributed by atoms with Gasteiger partial charge in [-0.15, -0.1) is 0 Å². The normalized spacial score (nSPS) is 13.0. The van der Waals surface area contributed by atoms with E-state index in [0.29, 0.717) is 23.0 Å². The number of hydrogen-bond acceptors (Lipinski definition) is 7. The number of fused-ring (bicyclic) bond motifs is 1. The molecule has 3 aromatic carbocycles. The van der Waals surface area contributed by atoms with Crippen molar-refractivity contribution in [3.05, 3.63) is 60.7 Å². The first-order valence-corrected chi connectivity index (χ1v) is 10.0. The molecule has 0 saturated carbocycles. The zero-order valence-corrected chi connectivity index (χ0v) is 17.7. The Morgan fingerprint density at radius 1 is 0.677 bits per heavy atom. The molecule has 0 spiro atoms. The van der Waals surface area contributed by atoms with Crippen LogP contribution in [-0.2, 0) is 9.47 Å². The highest BCUT2D eigenvalue weighted by atomic mass is 16.5. The zero-order chi connectivity index (χ0) is 22.1. The van der Waals surface area contributed by atoms with Crippen LogP contribution in [0.1, 0.15) is 0 Å². The number of hydrogen-bond donors (Lipinski definition) is 2. The monoisotopic (exact) mass is 428 g/mol. The number of aliphatic hydroxyl groups excluding tert-OH is 2. The van der Waals surface area contributed by atoms with E-state index in [4.69, 9.17) is 23.7 Å². The van der Waals surface area contributed by atoms with Crippen molar-refractivity contribution >= 4 is 10.8 Å². The van der Waals surface area contributed by atoms with Gasteiger partial charge in [0.2, 0.25) is 0 Å².